The first-order valence-corrected chi connectivity index (χ1v) is 11.3. The van der Waals surface area contributed by atoms with Crippen LogP contribution in [0, 0.1) is 5.82 Å². The molecule has 0 spiro atoms. The topological polar surface area (TPSA) is 76.5 Å². The normalized spacial score (nSPS) is 15.7. The molecule has 0 unspecified atom stereocenters. The van der Waals surface area contributed by atoms with E-state index in [1.807, 2.05) is 35.2 Å². The van der Waals surface area contributed by atoms with Gasteiger partial charge in [0, 0.05) is 36.9 Å². The summed E-state index contributed by atoms with van der Waals surface area (Å²) >= 11 is 0. The Bertz CT molecular complexity index is 1450. The van der Waals surface area contributed by atoms with E-state index in [0.717, 1.165) is 18.5 Å². The Morgan fingerprint density at radius 2 is 2.06 bits per heavy atom. The van der Waals surface area contributed by atoms with Crippen molar-refractivity contribution in [3.05, 3.63) is 76.5 Å². The summed E-state index contributed by atoms with van der Waals surface area (Å²) in [5.41, 5.74) is 1.77. The summed E-state index contributed by atoms with van der Waals surface area (Å²) in [6, 6.07) is 12.8. The predicted molar refractivity (Wildman–Crippen MR) is 131 cm³/mol. The summed E-state index contributed by atoms with van der Waals surface area (Å²) in [4.78, 5) is 32.2. The number of carbonyl (C=O) groups is 1. The fraction of sp³-hybridized carbons (Fsp3) is 0.269. The Kier molecular flexibility index (Phi) is 5.65. The van der Waals surface area contributed by atoms with Gasteiger partial charge in [-0.3, -0.25) is 9.78 Å². The monoisotopic (exact) mass is 460 g/mol. The molecule has 4 aromatic rings. The molecule has 1 aliphatic rings. The molecule has 0 amide bonds. The van der Waals surface area contributed by atoms with Gasteiger partial charge in [-0.05, 0) is 38.0 Å². The SMILES string of the molecule is CCOC(=O)c1cn(C)c2cnc3cc(F)c(N4CCC[C@H]4Nc4ccccc4)cc3c2c1=O. The molecule has 7 nitrogen and oxygen atoms in total. The number of benzene rings is 2. The summed E-state index contributed by atoms with van der Waals surface area (Å²) in [6.45, 7) is 2.53. The Balaban J connectivity index is 1.66. The van der Waals surface area contributed by atoms with Crippen LogP contribution in [0.2, 0.25) is 0 Å². The number of aromatic nitrogens is 2. The Morgan fingerprint density at radius 1 is 1.26 bits per heavy atom. The number of rotatable bonds is 5. The van der Waals surface area contributed by atoms with E-state index in [1.165, 1.54) is 18.5 Å². The van der Waals surface area contributed by atoms with Gasteiger partial charge in [0.05, 0.1) is 41.1 Å². The Hall–Kier alpha value is -3.94. The number of esters is 1. The minimum Gasteiger partial charge on any atom is -0.462 e. The van der Waals surface area contributed by atoms with Crippen LogP contribution in [0.15, 0.2) is 59.7 Å². The molecule has 1 fully saturated rings. The van der Waals surface area contributed by atoms with Crippen molar-refractivity contribution in [1.29, 1.82) is 0 Å². The van der Waals surface area contributed by atoms with Gasteiger partial charge in [0.25, 0.3) is 0 Å². The van der Waals surface area contributed by atoms with Crippen molar-refractivity contribution in [2.75, 3.05) is 23.4 Å². The van der Waals surface area contributed by atoms with Gasteiger partial charge in [0.2, 0.25) is 5.43 Å². The van der Waals surface area contributed by atoms with Crippen LogP contribution in [0.4, 0.5) is 15.8 Å². The summed E-state index contributed by atoms with van der Waals surface area (Å²) in [6.07, 6.45) is 4.67. The lowest BCUT2D eigenvalue weighted by atomic mass is 10.1. The number of hydrogen-bond acceptors (Lipinski definition) is 6. The highest BCUT2D eigenvalue weighted by Gasteiger charge is 2.28. The zero-order chi connectivity index (χ0) is 23.8. The minimum absolute atomic E-state index is 0.0555. The highest BCUT2D eigenvalue weighted by Crippen LogP contribution is 2.33. The van der Waals surface area contributed by atoms with E-state index in [1.54, 1.807) is 24.6 Å². The molecule has 5 rings (SSSR count). The first-order valence-electron chi connectivity index (χ1n) is 11.3. The molecule has 1 atom stereocenters. The molecule has 0 radical (unpaired) electrons. The number of para-hydroxylation sites is 1. The number of ether oxygens (including phenoxy) is 1. The fourth-order valence-electron chi connectivity index (χ4n) is 4.66. The van der Waals surface area contributed by atoms with Crippen molar-refractivity contribution in [3.63, 3.8) is 0 Å². The molecule has 2 aromatic carbocycles. The average Bonchev–Trinajstić information content (AvgIpc) is 3.28. The van der Waals surface area contributed by atoms with Crippen molar-refractivity contribution in [2.45, 2.75) is 25.9 Å². The Morgan fingerprint density at radius 3 is 2.82 bits per heavy atom. The summed E-state index contributed by atoms with van der Waals surface area (Å²) in [7, 11) is 1.74. The zero-order valence-electron chi connectivity index (χ0n) is 19.0. The van der Waals surface area contributed by atoms with E-state index in [2.05, 4.69) is 10.3 Å². The van der Waals surface area contributed by atoms with Crippen LogP contribution in [0.25, 0.3) is 21.8 Å². The maximum absolute atomic E-state index is 15.3. The molecule has 0 bridgehead atoms. The highest BCUT2D eigenvalue weighted by atomic mass is 19.1. The molecule has 0 saturated carbocycles. The number of nitrogens with one attached hydrogen (secondary N) is 1. The van der Waals surface area contributed by atoms with E-state index in [-0.39, 0.29) is 18.3 Å². The number of hydrogen-bond donors (Lipinski definition) is 1. The zero-order valence-corrected chi connectivity index (χ0v) is 19.0. The van der Waals surface area contributed by atoms with Gasteiger partial charge in [0.1, 0.15) is 11.4 Å². The van der Waals surface area contributed by atoms with Crippen LogP contribution in [-0.2, 0) is 11.8 Å². The van der Waals surface area contributed by atoms with E-state index >= 15 is 4.39 Å². The predicted octanol–water partition coefficient (Wildman–Crippen LogP) is 4.44. The van der Waals surface area contributed by atoms with Crippen LogP contribution in [0.3, 0.4) is 0 Å². The average molecular weight is 461 g/mol. The van der Waals surface area contributed by atoms with E-state index in [4.69, 9.17) is 4.74 Å². The van der Waals surface area contributed by atoms with Gasteiger partial charge in [-0.15, -0.1) is 0 Å². The molecule has 1 aliphatic heterocycles. The van der Waals surface area contributed by atoms with Crippen LogP contribution in [-0.4, -0.2) is 34.8 Å². The number of pyridine rings is 2. The van der Waals surface area contributed by atoms with Crippen molar-refractivity contribution in [2.24, 2.45) is 7.05 Å². The summed E-state index contributed by atoms with van der Waals surface area (Å²) < 4.78 is 22.1. The van der Waals surface area contributed by atoms with Gasteiger partial charge in [-0.25, -0.2) is 9.18 Å². The molecule has 3 heterocycles. The van der Waals surface area contributed by atoms with Gasteiger partial charge < -0.3 is 19.5 Å². The maximum Gasteiger partial charge on any atom is 0.343 e. The second-order valence-corrected chi connectivity index (χ2v) is 8.40. The van der Waals surface area contributed by atoms with Crippen molar-refractivity contribution in [3.8, 4) is 0 Å². The third-order valence-corrected chi connectivity index (χ3v) is 6.26. The number of nitrogens with zero attached hydrogens (tertiary/aromatic N) is 3. The van der Waals surface area contributed by atoms with Gasteiger partial charge in [-0.1, -0.05) is 18.2 Å². The minimum atomic E-state index is -0.677. The second kappa shape index (κ2) is 8.78. The third kappa shape index (κ3) is 3.75. The fourth-order valence-corrected chi connectivity index (χ4v) is 4.66. The lowest BCUT2D eigenvalue weighted by Crippen LogP contribution is -2.36. The van der Waals surface area contributed by atoms with Gasteiger partial charge in [0.15, 0.2) is 0 Å². The van der Waals surface area contributed by atoms with Crippen LogP contribution in [0.5, 0.6) is 0 Å². The van der Waals surface area contributed by atoms with Crippen LogP contribution >= 0.6 is 0 Å². The van der Waals surface area contributed by atoms with Crippen LogP contribution in [0.1, 0.15) is 30.1 Å². The van der Waals surface area contributed by atoms with Gasteiger partial charge >= 0.3 is 5.97 Å². The third-order valence-electron chi connectivity index (χ3n) is 6.26. The number of anilines is 2. The van der Waals surface area contributed by atoms with Crippen molar-refractivity contribution >= 4 is 39.1 Å². The number of carbonyl (C=O) groups excluding carboxylic acids is 1. The first kappa shape index (κ1) is 21.9. The number of fused-ring (bicyclic) bond motifs is 3. The van der Waals surface area contributed by atoms with Gasteiger partial charge in [-0.2, -0.15) is 0 Å². The maximum atomic E-state index is 15.3. The summed E-state index contributed by atoms with van der Waals surface area (Å²) in [5, 5.41) is 4.31. The molecular weight excluding hydrogens is 435 g/mol. The molecule has 0 aliphatic carbocycles. The van der Waals surface area contributed by atoms with E-state index in [0.29, 0.717) is 34.0 Å². The quantitative estimate of drug-likeness (QED) is 0.351. The van der Waals surface area contributed by atoms with Crippen LogP contribution < -0.4 is 15.6 Å². The first-order chi connectivity index (χ1) is 16.5. The standard InChI is InChI=1S/C26H25FN4O3/c1-3-34-26(33)18-15-30(2)22-14-28-20-13-19(27)21(12-17(20)24(22)25(18)32)31-11-7-10-23(31)29-16-8-5-4-6-9-16/h4-6,8-9,12-15,23,29H,3,7,10-11H2,1-2H3/t23-/m0/s1. The second-order valence-electron chi connectivity index (χ2n) is 8.40. The summed E-state index contributed by atoms with van der Waals surface area (Å²) in [5.74, 6) is -1.08. The largest absolute Gasteiger partial charge is 0.462 e. The lowest BCUT2D eigenvalue weighted by molar-refractivity contribution is 0.0524. The number of aryl methyl sites for hydroxylation is 1. The molecule has 174 valence electrons. The number of halogens is 1. The van der Waals surface area contributed by atoms with Crippen molar-refractivity contribution in [1.82, 2.24) is 9.55 Å². The highest BCUT2D eigenvalue weighted by molar-refractivity contribution is 6.07. The smallest absolute Gasteiger partial charge is 0.343 e. The molecule has 1 N–H and O–H groups in total. The van der Waals surface area contributed by atoms with E-state index < -0.39 is 17.2 Å². The molecule has 8 heteroatoms. The van der Waals surface area contributed by atoms with Crippen molar-refractivity contribution < 1.29 is 13.9 Å². The Labute approximate surface area is 195 Å². The molecule has 2 aromatic heterocycles. The molecular formula is C26H25FN4O3. The molecule has 1 saturated heterocycles. The molecule has 34 heavy (non-hydrogen) atoms. The lowest BCUT2D eigenvalue weighted by Gasteiger charge is -2.29. The van der Waals surface area contributed by atoms with E-state index in [9.17, 15) is 9.59 Å².